The zero-order chi connectivity index (χ0) is 18.6. The summed E-state index contributed by atoms with van der Waals surface area (Å²) in [7, 11) is 0. The van der Waals surface area contributed by atoms with Crippen molar-refractivity contribution in [2.75, 3.05) is 26.2 Å². The van der Waals surface area contributed by atoms with Crippen LogP contribution in [0.15, 0.2) is 55.1 Å². The summed E-state index contributed by atoms with van der Waals surface area (Å²) in [5, 5.41) is 7.03. The van der Waals surface area contributed by atoms with E-state index in [2.05, 4.69) is 20.2 Å². The molecule has 1 fully saturated rings. The van der Waals surface area contributed by atoms with Crippen LogP contribution in [0.5, 0.6) is 0 Å². The Morgan fingerprint density at radius 1 is 0.815 bits per heavy atom. The summed E-state index contributed by atoms with van der Waals surface area (Å²) in [5.41, 5.74) is 2.65. The zero-order valence-corrected chi connectivity index (χ0v) is 14.6. The van der Waals surface area contributed by atoms with Gasteiger partial charge in [0.2, 0.25) is 0 Å². The van der Waals surface area contributed by atoms with Gasteiger partial charge in [0.05, 0.1) is 5.69 Å². The van der Waals surface area contributed by atoms with E-state index in [0.717, 1.165) is 5.56 Å². The first kappa shape index (κ1) is 16.9. The minimum Gasteiger partial charge on any atom is -0.335 e. The minimum atomic E-state index is -0.112. The van der Waals surface area contributed by atoms with Crippen molar-refractivity contribution in [1.82, 2.24) is 30.0 Å². The molecular formula is C19H18N6O2. The Bertz CT molecular complexity index is 933. The van der Waals surface area contributed by atoms with Gasteiger partial charge in [-0.3, -0.25) is 24.7 Å². The lowest BCUT2D eigenvalue weighted by atomic mass is 10.2. The molecule has 0 radical (unpaired) electrons. The minimum absolute atomic E-state index is 0.0361. The van der Waals surface area contributed by atoms with Crippen molar-refractivity contribution in [2.24, 2.45) is 0 Å². The molecule has 0 spiro atoms. The van der Waals surface area contributed by atoms with Gasteiger partial charge in [-0.2, -0.15) is 5.10 Å². The van der Waals surface area contributed by atoms with Crippen molar-refractivity contribution in [1.29, 1.82) is 0 Å². The number of amides is 2. The number of piperazine rings is 1. The predicted molar refractivity (Wildman–Crippen MR) is 97.9 cm³/mol. The van der Waals surface area contributed by atoms with Crippen molar-refractivity contribution >= 4 is 11.8 Å². The van der Waals surface area contributed by atoms with E-state index in [1.54, 1.807) is 52.8 Å². The first-order chi connectivity index (χ1) is 13.2. The molecule has 27 heavy (non-hydrogen) atoms. The van der Waals surface area contributed by atoms with Gasteiger partial charge in [0, 0.05) is 62.1 Å². The van der Waals surface area contributed by atoms with Gasteiger partial charge in [-0.1, -0.05) is 0 Å². The van der Waals surface area contributed by atoms with Gasteiger partial charge in [0.25, 0.3) is 11.8 Å². The Kier molecular flexibility index (Phi) is 4.61. The number of rotatable bonds is 3. The average molecular weight is 362 g/mol. The van der Waals surface area contributed by atoms with E-state index >= 15 is 0 Å². The predicted octanol–water partition coefficient (Wildman–Crippen LogP) is 1.46. The van der Waals surface area contributed by atoms with Crippen LogP contribution >= 0.6 is 0 Å². The fourth-order valence-electron chi connectivity index (χ4n) is 3.06. The van der Waals surface area contributed by atoms with Crippen molar-refractivity contribution in [3.05, 3.63) is 66.4 Å². The summed E-state index contributed by atoms with van der Waals surface area (Å²) in [6.07, 6.45) is 6.58. The SMILES string of the molecule is O=C(c1ccncc1)N1CCN(C(=O)c2cc(-c3ccncc3)n[nH]2)CC1. The van der Waals surface area contributed by atoms with E-state index in [1.807, 2.05) is 12.1 Å². The lowest BCUT2D eigenvalue weighted by Crippen LogP contribution is -2.50. The third-order valence-corrected chi connectivity index (χ3v) is 4.57. The number of nitrogens with zero attached hydrogens (tertiary/aromatic N) is 5. The molecule has 1 aliphatic heterocycles. The second-order valence-corrected chi connectivity index (χ2v) is 6.22. The Balaban J connectivity index is 1.39. The van der Waals surface area contributed by atoms with E-state index in [9.17, 15) is 9.59 Å². The smallest absolute Gasteiger partial charge is 0.272 e. The number of hydrogen-bond acceptors (Lipinski definition) is 5. The number of pyridine rings is 2. The Morgan fingerprint density at radius 2 is 1.37 bits per heavy atom. The van der Waals surface area contributed by atoms with Crippen LogP contribution in [0.4, 0.5) is 0 Å². The number of hydrogen-bond donors (Lipinski definition) is 1. The number of carbonyl (C=O) groups excluding carboxylic acids is 2. The molecule has 0 aliphatic carbocycles. The monoisotopic (exact) mass is 362 g/mol. The van der Waals surface area contributed by atoms with Gasteiger partial charge >= 0.3 is 0 Å². The Morgan fingerprint density at radius 3 is 2.00 bits per heavy atom. The van der Waals surface area contributed by atoms with E-state index in [-0.39, 0.29) is 11.8 Å². The summed E-state index contributed by atoms with van der Waals surface area (Å²) in [6.45, 7) is 1.97. The van der Waals surface area contributed by atoms with Crippen LogP contribution in [0.2, 0.25) is 0 Å². The third-order valence-electron chi connectivity index (χ3n) is 4.57. The topological polar surface area (TPSA) is 95.1 Å². The second kappa shape index (κ2) is 7.36. The van der Waals surface area contributed by atoms with E-state index in [1.165, 1.54) is 0 Å². The molecule has 1 aliphatic rings. The van der Waals surface area contributed by atoms with Crippen LogP contribution in [0.25, 0.3) is 11.3 Å². The van der Waals surface area contributed by atoms with Crippen LogP contribution in [0.1, 0.15) is 20.8 Å². The van der Waals surface area contributed by atoms with E-state index in [4.69, 9.17) is 0 Å². The molecule has 1 saturated heterocycles. The normalized spacial score (nSPS) is 14.2. The van der Waals surface area contributed by atoms with Crippen LogP contribution < -0.4 is 0 Å². The molecule has 8 nitrogen and oxygen atoms in total. The molecule has 0 atom stereocenters. The highest BCUT2D eigenvalue weighted by Crippen LogP contribution is 2.18. The summed E-state index contributed by atoms with van der Waals surface area (Å²) >= 11 is 0. The highest BCUT2D eigenvalue weighted by molar-refractivity contribution is 5.95. The zero-order valence-electron chi connectivity index (χ0n) is 14.6. The molecule has 0 saturated carbocycles. The molecule has 0 aromatic carbocycles. The highest BCUT2D eigenvalue weighted by Gasteiger charge is 2.26. The number of aromatic amines is 1. The quantitative estimate of drug-likeness (QED) is 0.761. The maximum atomic E-state index is 12.7. The first-order valence-electron chi connectivity index (χ1n) is 8.67. The number of carbonyl (C=O) groups is 2. The molecule has 0 bridgehead atoms. The Hall–Kier alpha value is -3.55. The van der Waals surface area contributed by atoms with Gasteiger partial charge in [-0.15, -0.1) is 0 Å². The molecular weight excluding hydrogens is 344 g/mol. The summed E-state index contributed by atoms with van der Waals surface area (Å²) in [4.78, 5) is 36.6. The lowest BCUT2D eigenvalue weighted by molar-refractivity contribution is 0.0532. The molecule has 0 unspecified atom stereocenters. The van der Waals surface area contributed by atoms with E-state index < -0.39 is 0 Å². The van der Waals surface area contributed by atoms with Gasteiger partial charge in [-0.25, -0.2) is 0 Å². The van der Waals surface area contributed by atoms with Gasteiger partial charge < -0.3 is 9.80 Å². The van der Waals surface area contributed by atoms with E-state index in [0.29, 0.717) is 43.1 Å². The van der Waals surface area contributed by atoms with Gasteiger partial charge in [-0.05, 0) is 30.3 Å². The van der Waals surface area contributed by atoms with Crippen LogP contribution in [-0.4, -0.2) is 68.0 Å². The highest BCUT2D eigenvalue weighted by atomic mass is 16.2. The van der Waals surface area contributed by atoms with Crippen molar-refractivity contribution in [3.63, 3.8) is 0 Å². The molecule has 3 aromatic rings. The molecule has 4 heterocycles. The number of aromatic nitrogens is 4. The van der Waals surface area contributed by atoms with Crippen LogP contribution in [0.3, 0.4) is 0 Å². The molecule has 2 amide bonds. The Labute approximate surface area is 155 Å². The van der Waals surface area contributed by atoms with Gasteiger partial charge in [0.15, 0.2) is 0 Å². The maximum Gasteiger partial charge on any atom is 0.272 e. The molecule has 4 rings (SSSR count). The molecule has 3 aromatic heterocycles. The molecule has 136 valence electrons. The summed E-state index contributed by atoms with van der Waals surface area (Å²) in [5.74, 6) is -0.148. The summed E-state index contributed by atoms with van der Waals surface area (Å²) in [6, 6.07) is 8.82. The standard InChI is InChI=1S/C19H18N6O2/c26-18(15-3-7-21-8-4-15)24-9-11-25(12-10-24)19(27)17-13-16(22-23-17)14-1-5-20-6-2-14/h1-8,13H,9-12H2,(H,22,23). The number of nitrogens with one attached hydrogen (secondary N) is 1. The van der Waals surface area contributed by atoms with Crippen molar-refractivity contribution in [3.8, 4) is 11.3 Å². The molecule has 8 heteroatoms. The van der Waals surface area contributed by atoms with Crippen molar-refractivity contribution < 1.29 is 9.59 Å². The second-order valence-electron chi connectivity index (χ2n) is 6.22. The lowest BCUT2D eigenvalue weighted by Gasteiger charge is -2.34. The van der Waals surface area contributed by atoms with Crippen LogP contribution in [-0.2, 0) is 0 Å². The van der Waals surface area contributed by atoms with Crippen LogP contribution in [0, 0.1) is 0 Å². The first-order valence-corrected chi connectivity index (χ1v) is 8.67. The maximum absolute atomic E-state index is 12.7. The van der Waals surface area contributed by atoms with Gasteiger partial charge in [0.1, 0.15) is 5.69 Å². The third kappa shape index (κ3) is 3.55. The largest absolute Gasteiger partial charge is 0.335 e. The fraction of sp³-hybridized carbons (Fsp3) is 0.211. The average Bonchev–Trinajstić information content (AvgIpc) is 3.24. The van der Waals surface area contributed by atoms with Crippen molar-refractivity contribution in [2.45, 2.75) is 0 Å². The fourth-order valence-corrected chi connectivity index (χ4v) is 3.06. The summed E-state index contributed by atoms with van der Waals surface area (Å²) < 4.78 is 0. The number of H-pyrrole nitrogens is 1. The molecule has 1 N–H and O–H groups in total.